The molecule has 0 aliphatic rings. The lowest BCUT2D eigenvalue weighted by atomic mass is 10.1. The van der Waals surface area contributed by atoms with Crippen LogP contribution in [-0.2, 0) is 6.42 Å². The number of nitro groups is 1. The molecule has 112 valence electrons. The standard InChI is InChI=1S/C14H10BrClN4O2/c15-12-2-1-11(16)7-9(12)3-5-18-14-13(20(21)22)10(8-17)4-6-19-14/h1-2,4,6-7H,3,5H2,(H,18,19). The molecule has 2 rings (SSSR count). The minimum atomic E-state index is -0.608. The highest BCUT2D eigenvalue weighted by Crippen LogP contribution is 2.26. The van der Waals surface area contributed by atoms with Gasteiger partial charge >= 0.3 is 5.69 Å². The lowest BCUT2D eigenvalue weighted by Crippen LogP contribution is -2.09. The molecule has 0 radical (unpaired) electrons. The summed E-state index contributed by atoms with van der Waals surface area (Å²) < 4.78 is 0.909. The van der Waals surface area contributed by atoms with Gasteiger partial charge in [0, 0.05) is 22.2 Å². The number of benzene rings is 1. The summed E-state index contributed by atoms with van der Waals surface area (Å²) in [5.41, 5.74) is 0.640. The van der Waals surface area contributed by atoms with Crippen molar-refractivity contribution >= 4 is 39.0 Å². The Morgan fingerprint density at radius 2 is 2.23 bits per heavy atom. The number of hydrogen-bond acceptors (Lipinski definition) is 5. The van der Waals surface area contributed by atoms with Crippen molar-refractivity contribution in [2.24, 2.45) is 0 Å². The van der Waals surface area contributed by atoms with Crippen LogP contribution in [0.5, 0.6) is 0 Å². The highest BCUT2D eigenvalue weighted by molar-refractivity contribution is 9.10. The van der Waals surface area contributed by atoms with Crippen molar-refractivity contribution in [2.75, 3.05) is 11.9 Å². The molecule has 0 amide bonds. The van der Waals surface area contributed by atoms with Gasteiger partial charge in [0.25, 0.3) is 0 Å². The molecule has 2 aromatic rings. The highest BCUT2D eigenvalue weighted by Gasteiger charge is 2.20. The van der Waals surface area contributed by atoms with Crippen molar-refractivity contribution in [3.05, 3.63) is 61.2 Å². The van der Waals surface area contributed by atoms with E-state index in [-0.39, 0.29) is 17.1 Å². The third-order valence-electron chi connectivity index (χ3n) is 2.92. The van der Waals surface area contributed by atoms with Gasteiger partial charge in [0.2, 0.25) is 5.82 Å². The fraction of sp³-hybridized carbons (Fsp3) is 0.143. The molecule has 0 atom stereocenters. The first-order valence-electron chi connectivity index (χ1n) is 6.24. The number of nitrogens with zero attached hydrogens (tertiary/aromatic N) is 3. The van der Waals surface area contributed by atoms with Gasteiger partial charge in [0.15, 0.2) is 0 Å². The summed E-state index contributed by atoms with van der Waals surface area (Å²) in [6.45, 7) is 0.418. The molecule has 0 fully saturated rings. The maximum atomic E-state index is 11.1. The van der Waals surface area contributed by atoms with Crippen LogP contribution in [0, 0.1) is 21.4 Å². The molecule has 0 saturated heterocycles. The van der Waals surface area contributed by atoms with Crippen molar-refractivity contribution < 1.29 is 4.92 Å². The quantitative estimate of drug-likeness (QED) is 0.626. The average molecular weight is 382 g/mol. The Labute approximate surface area is 140 Å². The van der Waals surface area contributed by atoms with E-state index in [1.165, 1.54) is 12.3 Å². The van der Waals surface area contributed by atoms with Crippen LogP contribution >= 0.6 is 27.5 Å². The number of pyridine rings is 1. The second-order valence-corrected chi connectivity index (χ2v) is 5.63. The van der Waals surface area contributed by atoms with E-state index >= 15 is 0 Å². The minimum Gasteiger partial charge on any atom is -0.364 e. The molecule has 0 saturated carbocycles. The van der Waals surface area contributed by atoms with E-state index in [1.807, 2.05) is 12.1 Å². The Balaban J connectivity index is 2.14. The lowest BCUT2D eigenvalue weighted by molar-refractivity contribution is -0.384. The zero-order chi connectivity index (χ0) is 16.1. The van der Waals surface area contributed by atoms with Crippen LogP contribution in [0.3, 0.4) is 0 Å². The Hall–Kier alpha value is -2.17. The predicted octanol–water partition coefficient (Wildman–Crippen LogP) is 3.93. The molecular formula is C14H10BrClN4O2. The summed E-state index contributed by atoms with van der Waals surface area (Å²) in [4.78, 5) is 14.4. The van der Waals surface area contributed by atoms with E-state index in [9.17, 15) is 10.1 Å². The third-order valence-corrected chi connectivity index (χ3v) is 3.93. The normalized spacial score (nSPS) is 10.0. The minimum absolute atomic E-state index is 0.0218. The number of halogens is 2. The van der Waals surface area contributed by atoms with Gasteiger partial charge in [-0.1, -0.05) is 27.5 Å². The zero-order valence-corrected chi connectivity index (χ0v) is 13.6. The highest BCUT2D eigenvalue weighted by atomic mass is 79.9. The van der Waals surface area contributed by atoms with Gasteiger partial charge in [-0.3, -0.25) is 10.1 Å². The fourth-order valence-corrected chi connectivity index (χ4v) is 2.55. The second kappa shape index (κ2) is 7.20. The fourth-order valence-electron chi connectivity index (χ4n) is 1.91. The van der Waals surface area contributed by atoms with Gasteiger partial charge in [-0.05, 0) is 36.2 Å². The summed E-state index contributed by atoms with van der Waals surface area (Å²) >= 11 is 9.36. The van der Waals surface area contributed by atoms with E-state index in [2.05, 4.69) is 26.2 Å². The number of hydrogen-bond donors (Lipinski definition) is 1. The topological polar surface area (TPSA) is 91.8 Å². The van der Waals surface area contributed by atoms with E-state index < -0.39 is 4.92 Å². The monoisotopic (exact) mass is 380 g/mol. The van der Waals surface area contributed by atoms with E-state index in [0.29, 0.717) is 18.0 Å². The first-order chi connectivity index (χ1) is 10.5. The molecule has 8 heteroatoms. The molecule has 0 aliphatic heterocycles. The smallest absolute Gasteiger partial charge is 0.328 e. The molecule has 1 aromatic carbocycles. The number of nitrogens with one attached hydrogen (secondary N) is 1. The van der Waals surface area contributed by atoms with Crippen LogP contribution in [-0.4, -0.2) is 16.5 Å². The Bertz CT molecular complexity index is 761. The van der Waals surface area contributed by atoms with Crippen molar-refractivity contribution in [2.45, 2.75) is 6.42 Å². The molecule has 1 N–H and O–H groups in total. The van der Waals surface area contributed by atoms with Gasteiger partial charge in [-0.15, -0.1) is 0 Å². The van der Waals surface area contributed by atoms with Crippen molar-refractivity contribution in [1.82, 2.24) is 4.98 Å². The van der Waals surface area contributed by atoms with Crippen LogP contribution in [0.15, 0.2) is 34.9 Å². The van der Waals surface area contributed by atoms with Gasteiger partial charge in [-0.2, -0.15) is 5.26 Å². The van der Waals surface area contributed by atoms with Crippen molar-refractivity contribution in [3.8, 4) is 6.07 Å². The molecule has 22 heavy (non-hydrogen) atoms. The van der Waals surface area contributed by atoms with Crippen molar-refractivity contribution in [1.29, 1.82) is 5.26 Å². The van der Waals surface area contributed by atoms with Crippen LogP contribution in [0.2, 0.25) is 5.02 Å². The van der Waals surface area contributed by atoms with E-state index in [4.69, 9.17) is 16.9 Å². The largest absolute Gasteiger partial charge is 0.364 e. The maximum absolute atomic E-state index is 11.1. The van der Waals surface area contributed by atoms with Gasteiger partial charge in [-0.25, -0.2) is 4.98 Å². The first kappa shape index (κ1) is 16.2. The summed E-state index contributed by atoms with van der Waals surface area (Å²) in [5, 5.41) is 23.5. The number of rotatable bonds is 5. The Morgan fingerprint density at radius 1 is 1.45 bits per heavy atom. The molecule has 0 unspecified atom stereocenters. The summed E-state index contributed by atoms with van der Waals surface area (Å²) in [7, 11) is 0. The third kappa shape index (κ3) is 3.72. The first-order valence-corrected chi connectivity index (χ1v) is 7.41. The van der Waals surface area contributed by atoms with Crippen LogP contribution in [0.1, 0.15) is 11.1 Å². The molecule has 1 aromatic heterocycles. The maximum Gasteiger partial charge on any atom is 0.328 e. The predicted molar refractivity (Wildman–Crippen MR) is 87.0 cm³/mol. The Morgan fingerprint density at radius 3 is 2.91 bits per heavy atom. The second-order valence-electron chi connectivity index (χ2n) is 4.34. The van der Waals surface area contributed by atoms with Gasteiger partial charge < -0.3 is 5.32 Å². The van der Waals surface area contributed by atoms with Crippen LogP contribution in [0.4, 0.5) is 11.5 Å². The number of aromatic nitrogens is 1. The lowest BCUT2D eigenvalue weighted by Gasteiger charge is -2.08. The summed E-state index contributed by atoms with van der Waals surface area (Å²) in [6.07, 6.45) is 1.96. The molecule has 0 aliphatic carbocycles. The van der Waals surface area contributed by atoms with Crippen LogP contribution < -0.4 is 5.32 Å². The molecular weight excluding hydrogens is 372 g/mol. The SMILES string of the molecule is N#Cc1ccnc(NCCc2cc(Cl)ccc2Br)c1[N+](=O)[O-]. The van der Waals surface area contributed by atoms with Crippen LogP contribution in [0.25, 0.3) is 0 Å². The van der Waals surface area contributed by atoms with E-state index in [0.717, 1.165) is 10.0 Å². The average Bonchev–Trinajstić information content (AvgIpc) is 2.50. The molecule has 6 nitrogen and oxygen atoms in total. The zero-order valence-electron chi connectivity index (χ0n) is 11.2. The molecule has 1 heterocycles. The number of anilines is 1. The number of nitriles is 1. The van der Waals surface area contributed by atoms with Gasteiger partial charge in [0.1, 0.15) is 11.6 Å². The summed E-state index contributed by atoms with van der Waals surface area (Å²) in [5.74, 6) is 0.0854. The summed E-state index contributed by atoms with van der Waals surface area (Å²) in [6, 6.07) is 8.54. The molecule has 0 bridgehead atoms. The van der Waals surface area contributed by atoms with Gasteiger partial charge in [0.05, 0.1) is 4.92 Å². The van der Waals surface area contributed by atoms with E-state index in [1.54, 1.807) is 12.1 Å². The van der Waals surface area contributed by atoms with Crippen molar-refractivity contribution in [3.63, 3.8) is 0 Å². The molecule has 0 spiro atoms. The Kier molecular flexibility index (Phi) is 5.31.